The van der Waals surface area contributed by atoms with Crippen LogP contribution in [0, 0.1) is 13.8 Å². The molecule has 0 atom stereocenters. The number of anilines is 1. The minimum atomic E-state index is -1.27. The number of carbonyl (C=O) groups is 2. The van der Waals surface area contributed by atoms with Crippen molar-refractivity contribution in [2.75, 3.05) is 11.9 Å². The molecule has 0 aliphatic carbocycles. The summed E-state index contributed by atoms with van der Waals surface area (Å²) in [6, 6.07) is 12.0. The Morgan fingerprint density at radius 2 is 1.77 bits per heavy atom. The zero-order chi connectivity index (χ0) is 16.1. The lowest BCUT2D eigenvalue weighted by molar-refractivity contribution is -0.255. The average Bonchev–Trinajstić information content (AvgIpc) is 2.48. The third-order valence-electron chi connectivity index (χ3n) is 3.22. The SMILES string of the molecule is Cc1ccc(OCC(=O)Nc2cccc(C(=O)[O-])c2C)cc1. The molecule has 2 aromatic rings. The number of benzene rings is 2. The molecule has 0 aromatic heterocycles. The van der Waals surface area contributed by atoms with Crippen molar-refractivity contribution in [2.24, 2.45) is 0 Å². The van der Waals surface area contributed by atoms with Crippen molar-refractivity contribution in [2.45, 2.75) is 13.8 Å². The van der Waals surface area contributed by atoms with Gasteiger partial charge in [0.1, 0.15) is 5.75 Å². The second-order valence-electron chi connectivity index (χ2n) is 4.92. The zero-order valence-electron chi connectivity index (χ0n) is 12.4. The number of nitrogens with one attached hydrogen (secondary N) is 1. The first-order valence-corrected chi connectivity index (χ1v) is 6.77. The maximum atomic E-state index is 11.9. The van der Waals surface area contributed by atoms with Gasteiger partial charge in [-0.1, -0.05) is 29.8 Å². The summed E-state index contributed by atoms with van der Waals surface area (Å²) in [4.78, 5) is 22.8. The number of hydrogen-bond acceptors (Lipinski definition) is 4. The minimum absolute atomic E-state index is 0.0530. The van der Waals surface area contributed by atoms with Crippen molar-refractivity contribution in [3.8, 4) is 5.75 Å². The Morgan fingerprint density at radius 1 is 1.09 bits per heavy atom. The number of carboxylic acids is 1. The fourth-order valence-corrected chi connectivity index (χ4v) is 1.96. The molecule has 0 heterocycles. The average molecular weight is 298 g/mol. The van der Waals surface area contributed by atoms with E-state index in [0.717, 1.165) is 5.56 Å². The van der Waals surface area contributed by atoms with Gasteiger partial charge in [-0.2, -0.15) is 0 Å². The summed E-state index contributed by atoms with van der Waals surface area (Å²) in [5.74, 6) is -1.04. The molecule has 114 valence electrons. The van der Waals surface area contributed by atoms with Crippen LogP contribution in [0.2, 0.25) is 0 Å². The fraction of sp³-hybridized carbons (Fsp3) is 0.176. The molecular formula is C17H16NO4-. The van der Waals surface area contributed by atoms with Crippen LogP contribution in [0.4, 0.5) is 5.69 Å². The lowest BCUT2D eigenvalue weighted by atomic mass is 10.1. The molecule has 2 rings (SSSR count). The van der Waals surface area contributed by atoms with Crippen molar-refractivity contribution in [1.29, 1.82) is 0 Å². The van der Waals surface area contributed by atoms with Crippen LogP contribution in [0.15, 0.2) is 42.5 Å². The highest BCUT2D eigenvalue weighted by molar-refractivity contribution is 5.96. The maximum Gasteiger partial charge on any atom is 0.262 e. The first kappa shape index (κ1) is 15.6. The number of aryl methyl sites for hydroxylation is 1. The van der Waals surface area contributed by atoms with Crippen molar-refractivity contribution in [3.05, 3.63) is 59.2 Å². The van der Waals surface area contributed by atoms with Gasteiger partial charge in [0.05, 0.1) is 5.97 Å². The van der Waals surface area contributed by atoms with Gasteiger partial charge in [-0.05, 0) is 37.6 Å². The van der Waals surface area contributed by atoms with Crippen molar-refractivity contribution >= 4 is 17.6 Å². The molecule has 0 aliphatic heterocycles. The van der Waals surface area contributed by atoms with E-state index in [2.05, 4.69) is 5.32 Å². The van der Waals surface area contributed by atoms with E-state index in [-0.39, 0.29) is 18.1 Å². The lowest BCUT2D eigenvalue weighted by Gasteiger charge is -2.13. The molecule has 1 amide bonds. The third-order valence-corrected chi connectivity index (χ3v) is 3.22. The van der Waals surface area contributed by atoms with Crippen LogP contribution < -0.4 is 15.2 Å². The van der Waals surface area contributed by atoms with Crippen LogP contribution in [0.3, 0.4) is 0 Å². The number of ether oxygens (including phenoxy) is 1. The topological polar surface area (TPSA) is 78.5 Å². The van der Waals surface area contributed by atoms with Crippen molar-refractivity contribution in [1.82, 2.24) is 0 Å². The van der Waals surface area contributed by atoms with Crippen LogP contribution in [-0.4, -0.2) is 18.5 Å². The zero-order valence-corrected chi connectivity index (χ0v) is 12.4. The Hall–Kier alpha value is -2.82. The highest BCUT2D eigenvalue weighted by atomic mass is 16.5. The second kappa shape index (κ2) is 6.76. The molecular weight excluding hydrogens is 282 g/mol. The van der Waals surface area contributed by atoms with Gasteiger partial charge < -0.3 is 20.0 Å². The first-order chi connectivity index (χ1) is 10.5. The molecule has 0 spiro atoms. The minimum Gasteiger partial charge on any atom is -0.545 e. The Morgan fingerprint density at radius 3 is 2.41 bits per heavy atom. The third kappa shape index (κ3) is 3.85. The molecule has 5 heteroatoms. The van der Waals surface area contributed by atoms with E-state index in [9.17, 15) is 14.7 Å². The summed E-state index contributed by atoms with van der Waals surface area (Å²) in [5.41, 5.74) is 2.04. The number of amides is 1. The molecule has 0 aliphatic rings. The molecule has 0 saturated heterocycles. The molecule has 5 nitrogen and oxygen atoms in total. The van der Waals surface area contributed by atoms with E-state index in [1.54, 1.807) is 31.2 Å². The van der Waals surface area contributed by atoms with Crippen LogP contribution >= 0.6 is 0 Å². The Kier molecular flexibility index (Phi) is 4.78. The number of carbonyl (C=O) groups excluding carboxylic acids is 2. The molecule has 0 bridgehead atoms. The van der Waals surface area contributed by atoms with E-state index in [1.807, 2.05) is 19.1 Å². The quantitative estimate of drug-likeness (QED) is 0.911. The molecule has 0 saturated carbocycles. The predicted octanol–water partition coefficient (Wildman–Crippen LogP) is 1.68. The molecule has 0 unspecified atom stereocenters. The number of rotatable bonds is 5. The molecule has 0 fully saturated rings. The van der Waals surface area contributed by atoms with Gasteiger partial charge in [-0.3, -0.25) is 4.79 Å². The monoisotopic (exact) mass is 298 g/mol. The second-order valence-corrected chi connectivity index (χ2v) is 4.92. The molecule has 22 heavy (non-hydrogen) atoms. The smallest absolute Gasteiger partial charge is 0.262 e. The van der Waals surface area contributed by atoms with Crippen LogP contribution in [-0.2, 0) is 4.79 Å². The van der Waals surface area contributed by atoms with E-state index in [1.165, 1.54) is 6.07 Å². The van der Waals surface area contributed by atoms with Gasteiger partial charge in [0.2, 0.25) is 0 Å². The molecule has 0 radical (unpaired) electrons. The first-order valence-electron chi connectivity index (χ1n) is 6.77. The summed E-state index contributed by atoms with van der Waals surface area (Å²) >= 11 is 0. The Labute approximate surface area is 128 Å². The van der Waals surface area contributed by atoms with Crippen LogP contribution in [0.1, 0.15) is 21.5 Å². The largest absolute Gasteiger partial charge is 0.545 e. The van der Waals surface area contributed by atoms with Gasteiger partial charge in [-0.25, -0.2) is 0 Å². The molecule has 1 N–H and O–H groups in total. The van der Waals surface area contributed by atoms with Gasteiger partial charge in [0.15, 0.2) is 6.61 Å². The van der Waals surface area contributed by atoms with Crippen LogP contribution in [0.25, 0.3) is 0 Å². The summed E-state index contributed by atoms with van der Waals surface area (Å²) in [6.07, 6.45) is 0. The number of aromatic carboxylic acids is 1. The van der Waals surface area contributed by atoms with Crippen molar-refractivity contribution in [3.63, 3.8) is 0 Å². The Bertz CT molecular complexity index is 692. The highest BCUT2D eigenvalue weighted by Gasteiger charge is 2.09. The highest BCUT2D eigenvalue weighted by Crippen LogP contribution is 2.18. The summed E-state index contributed by atoms with van der Waals surface area (Å²) in [7, 11) is 0. The van der Waals surface area contributed by atoms with E-state index in [0.29, 0.717) is 17.0 Å². The maximum absolute atomic E-state index is 11.9. The van der Waals surface area contributed by atoms with E-state index < -0.39 is 5.97 Å². The normalized spacial score (nSPS) is 10.1. The van der Waals surface area contributed by atoms with Crippen molar-refractivity contribution < 1.29 is 19.4 Å². The van der Waals surface area contributed by atoms with E-state index in [4.69, 9.17) is 4.74 Å². The van der Waals surface area contributed by atoms with Crippen LogP contribution in [0.5, 0.6) is 5.75 Å². The van der Waals surface area contributed by atoms with Gasteiger partial charge in [0.25, 0.3) is 5.91 Å². The number of carboxylic acid groups (broad SMARTS) is 1. The van der Waals surface area contributed by atoms with Gasteiger partial charge in [-0.15, -0.1) is 0 Å². The summed E-state index contributed by atoms with van der Waals surface area (Å²) in [5, 5.41) is 13.6. The van der Waals surface area contributed by atoms with E-state index >= 15 is 0 Å². The Balaban J connectivity index is 1.99. The lowest BCUT2D eigenvalue weighted by Crippen LogP contribution is -2.25. The molecule has 2 aromatic carbocycles. The summed E-state index contributed by atoms with van der Waals surface area (Å²) in [6.45, 7) is 3.42. The van der Waals surface area contributed by atoms with Gasteiger partial charge >= 0.3 is 0 Å². The standard InChI is InChI=1S/C17H17NO4/c1-11-6-8-13(9-7-11)22-10-16(19)18-15-5-3-4-14(12(15)2)17(20)21/h3-9H,10H2,1-2H3,(H,18,19)(H,20,21)/p-1. The summed E-state index contributed by atoms with van der Waals surface area (Å²) < 4.78 is 5.37. The number of hydrogen-bond donors (Lipinski definition) is 1. The van der Waals surface area contributed by atoms with Gasteiger partial charge in [0, 0.05) is 11.3 Å². The predicted molar refractivity (Wildman–Crippen MR) is 80.8 cm³/mol. The fourth-order valence-electron chi connectivity index (χ4n) is 1.96.